The standard InChI is InChI=1S/C19H13N3O3/c23-17(20-19-22-21-18(25-19)16-10-5-11-24-16)15-9-4-8-14(12-15)13-6-2-1-3-7-13/h1-12H,(H,20,22,23). The molecular formula is C19H13N3O3. The number of rotatable bonds is 4. The van der Waals surface area contributed by atoms with Crippen LogP contribution in [0.5, 0.6) is 0 Å². The maximum Gasteiger partial charge on any atom is 0.322 e. The Hall–Kier alpha value is -3.67. The van der Waals surface area contributed by atoms with E-state index < -0.39 is 0 Å². The van der Waals surface area contributed by atoms with Crippen LogP contribution < -0.4 is 5.32 Å². The molecule has 2 heterocycles. The molecule has 0 saturated carbocycles. The highest BCUT2D eigenvalue weighted by Gasteiger charge is 2.14. The average molecular weight is 331 g/mol. The van der Waals surface area contributed by atoms with E-state index in [0.29, 0.717) is 11.3 Å². The van der Waals surface area contributed by atoms with Crippen molar-refractivity contribution in [2.45, 2.75) is 0 Å². The zero-order chi connectivity index (χ0) is 17.1. The fraction of sp³-hybridized carbons (Fsp3) is 0. The third-order valence-electron chi connectivity index (χ3n) is 3.61. The first-order valence-corrected chi connectivity index (χ1v) is 7.64. The summed E-state index contributed by atoms with van der Waals surface area (Å²) in [6.45, 7) is 0. The van der Waals surface area contributed by atoms with Crippen LogP contribution in [0.15, 0.2) is 81.8 Å². The fourth-order valence-electron chi connectivity index (χ4n) is 2.41. The van der Waals surface area contributed by atoms with Gasteiger partial charge < -0.3 is 8.83 Å². The number of amides is 1. The normalized spacial score (nSPS) is 10.6. The topological polar surface area (TPSA) is 81.2 Å². The second-order valence-corrected chi connectivity index (χ2v) is 5.29. The molecule has 0 spiro atoms. The molecule has 0 radical (unpaired) electrons. The van der Waals surface area contributed by atoms with Crippen molar-refractivity contribution in [1.29, 1.82) is 0 Å². The van der Waals surface area contributed by atoms with Gasteiger partial charge in [-0.05, 0) is 35.4 Å². The Morgan fingerprint density at radius 2 is 1.72 bits per heavy atom. The van der Waals surface area contributed by atoms with Crippen molar-refractivity contribution in [1.82, 2.24) is 10.2 Å². The predicted octanol–water partition coefficient (Wildman–Crippen LogP) is 4.25. The third-order valence-corrected chi connectivity index (χ3v) is 3.61. The molecule has 0 fully saturated rings. The summed E-state index contributed by atoms with van der Waals surface area (Å²) in [5, 5.41) is 10.3. The minimum atomic E-state index is -0.326. The van der Waals surface area contributed by atoms with Crippen LogP contribution in [0, 0.1) is 0 Å². The van der Waals surface area contributed by atoms with Crippen LogP contribution in [0.25, 0.3) is 22.8 Å². The lowest BCUT2D eigenvalue weighted by molar-refractivity contribution is 0.102. The van der Waals surface area contributed by atoms with Crippen molar-refractivity contribution in [3.63, 3.8) is 0 Å². The third kappa shape index (κ3) is 3.18. The molecule has 1 N–H and O–H groups in total. The molecule has 0 atom stereocenters. The molecule has 25 heavy (non-hydrogen) atoms. The van der Waals surface area contributed by atoms with Gasteiger partial charge in [-0.15, -0.1) is 5.10 Å². The Balaban J connectivity index is 1.54. The van der Waals surface area contributed by atoms with E-state index in [1.165, 1.54) is 6.26 Å². The number of carbonyl (C=O) groups is 1. The second kappa shape index (κ2) is 6.45. The lowest BCUT2D eigenvalue weighted by atomic mass is 10.0. The molecule has 0 unspecified atom stereocenters. The number of carbonyl (C=O) groups excluding carboxylic acids is 1. The van der Waals surface area contributed by atoms with E-state index in [-0.39, 0.29) is 17.8 Å². The summed E-state index contributed by atoms with van der Waals surface area (Å²) in [6, 6.07) is 20.6. The van der Waals surface area contributed by atoms with Crippen molar-refractivity contribution in [3.05, 3.63) is 78.6 Å². The second-order valence-electron chi connectivity index (χ2n) is 5.29. The van der Waals surface area contributed by atoms with E-state index >= 15 is 0 Å². The van der Waals surface area contributed by atoms with E-state index in [1.54, 1.807) is 18.2 Å². The van der Waals surface area contributed by atoms with Crippen molar-refractivity contribution >= 4 is 11.9 Å². The Labute approximate surface area is 143 Å². The Morgan fingerprint density at radius 3 is 2.52 bits per heavy atom. The number of furan rings is 1. The van der Waals surface area contributed by atoms with Gasteiger partial charge in [0.15, 0.2) is 5.76 Å². The molecule has 0 aliphatic carbocycles. The molecule has 0 bridgehead atoms. The van der Waals surface area contributed by atoms with Gasteiger partial charge >= 0.3 is 6.01 Å². The highest BCUT2D eigenvalue weighted by Crippen LogP contribution is 2.22. The number of nitrogens with one attached hydrogen (secondary N) is 1. The minimum Gasteiger partial charge on any atom is -0.459 e. The molecule has 2 aromatic carbocycles. The predicted molar refractivity (Wildman–Crippen MR) is 91.8 cm³/mol. The van der Waals surface area contributed by atoms with Crippen LogP contribution in [-0.4, -0.2) is 16.1 Å². The van der Waals surface area contributed by atoms with Crippen molar-refractivity contribution in [3.8, 4) is 22.8 Å². The number of nitrogens with zero attached hydrogens (tertiary/aromatic N) is 2. The first kappa shape index (κ1) is 14.9. The highest BCUT2D eigenvalue weighted by atomic mass is 16.4. The van der Waals surface area contributed by atoms with E-state index in [9.17, 15) is 4.79 Å². The Kier molecular flexibility index (Phi) is 3.84. The van der Waals surface area contributed by atoms with Gasteiger partial charge in [-0.2, -0.15) is 0 Å². The van der Waals surface area contributed by atoms with Crippen LogP contribution in [0.4, 0.5) is 6.01 Å². The van der Waals surface area contributed by atoms with E-state index in [2.05, 4.69) is 15.5 Å². The Morgan fingerprint density at radius 1 is 0.880 bits per heavy atom. The van der Waals surface area contributed by atoms with Crippen LogP contribution in [0.3, 0.4) is 0 Å². The molecule has 0 saturated heterocycles. The molecule has 4 rings (SSSR count). The fourth-order valence-corrected chi connectivity index (χ4v) is 2.41. The molecular weight excluding hydrogens is 318 g/mol. The summed E-state index contributed by atoms with van der Waals surface area (Å²) in [5.74, 6) is 0.324. The van der Waals surface area contributed by atoms with Crippen LogP contribution in [-0.2, 0) is 0 Å². The summed E-state index contributed by atoms with van der Waals surface area (Å²) < 4.78 is 10.6. The first-order chi connectivity index (χ1) is 12.3. The summed E-state index contributed by atoms with van der Waals surface area (Å²) in [6.07, 6.45) is 1.51. The summed E-state index contributed by atoms with van der Waals surface area (Å²) >= 11 is 0. The van der Waals surface area contributed by atoms with Gasteiger partial charge in [-0.1, -0.05) is 47.6 Å². The number of hydrogen-bond donors (Lipinski definition) is 1. The maximum absolute atomic E-state index is 12.4. The number of hydrogen-bond acceptors (Lipinski definition) is 5. The molecule has 6 heteroatoms. The van der Waals surface area contributed by atoms with Crippen LogP contribution in [0.1, 0.15) is 10.4 Å². The van der Waals surface area contributed by atoms with Crippen molar-refractivity contribution < 1.29 is 13.6 Å². The maximum atomic E-state index is 12.4. The summed E-state index contributed by atoms with van der Waals surface area (Å²) in [5.41, 5.74) is 2.49. The molecule has 0 aliphatic rings. The zero-order valence-corrected chi connectivity index (χ0v) is 13.0. The number of anilines is 1. The minimum absolute atomic E-state index is 0.0153. The molecule has 1 amide bonds. The summed E-state index contributed by atoms with van der Waals surface area (Å²) in [7, 11) is 0. The Bertz CT molecular complexity index is 992. The van der Waals surface area contributed by atoms with Gasteiger partial charge in [0, 0.05) is 5.56 Å². The lowest BCUT2D eigenvalue weighted by Crippen LogP contribution is -2.12. The van der Waals surface area contributed by atoms with Crippen molar-refractivity contribution in [2.75, 3.05) is 5.32 Å². The molecule has 6 nitrogen and oxygen atoms in total. The molecule has 0 aliphatic heterocycles. The van der Waals surface area contributed by atoms with Gasteiger partial charge in [-0.25, -0.2) is 0 Å². The van der Waals surface area contributed by atoms with Gasteiger partial charge in [0.1, 0.15) is 0 Å². The van der Waals surface area contributed by atoms with Gasteiger partial charge in [0.05, 0.1) is 6.26 Å². The lowest BCUT2D eigenvalue weighted by Gasteiger charge is -2.05. The number of benzene rings is 2. The van der Waals surface area contributed by atoms with E-state index in [4.69, 9.17) is 8.83 Å². The summed E-state index contributed by atoms with van der Waals surface area (Å²) in [4.78, 5) is 12.4. The van der Waals surface area contributed by atoms with Gasteiger partial charge in [0.25, 0.3) is 11.8 Å². The number of aromatic nitrogens is 2. The van der Waals surface area contributed by atoms with E-state index in [1.807, 2.05) is 48.5 Å². The largest absolute Gasteiger partial charge is 0.459 e. The first-order valence-electron chi connectivity index (χ1n) is 7.64. The van der Waals surface area contributed by atoms with Crippen molar-refractivity contribution in [2.24, 2.45) is 0 Å². The molecule has 2 aromatic heterocycles. The monoisotopic (exact) mass is 331 g/mol. The van der Waals surface area contributed by atoms with Crippen LogP contribution in [0.2, 0.25) is 0 Å². The molecule has 4 aromatic rings. The average Bonchev–Trinajstić information content (AvgIpc) is 3.34. The zero-order valence-electron chi connectivity index (χ0n) is 13.0. The molecule has 122 valence electrons. The van der Waals surface area contributed by atoms with Crippen LogP contribution >= 0.6 is 0 Å². The van der Waals surface area contributed by atoms with Gasteiger partial charge in [0.2, 0.25) is 0 Å². The highest BCUT2D eigenvalue weighted by molar-refractivity contribution is 6.03. The van der Waals surface area contributed by atoms with Gasteiger partial charge in [-0.3, -0.25) is 10.1 Å². The smallest absolute Gasteiger partial charge is 0.322 e. The quantitative estimate of drug-likeness (QED) is 0.604. The SMILES string of the molecule is O=C(Nc1nnc(-c2ccco2)o1)c1cccc(-c2ccccc2)c1. The van der Waals surface area contributed by atoms with E-state index in [0.717, 1.165) is 11.1 Å².